The van der Waals surface area contributed by atoms with Crippen molar-refractivity contribution in [1.29, 1.82) is 0 Å². The van der Waals surface area contributed by atoms with Gasteiger partial charge in [0.25, 0.3) is 0 Å². The molecule has 0 saturated heterocycles. The van der Waals surface area contributed by atoms with E-state index in [1.54, 1.807) is 0 Å². The summed E-state index contributed by atoms with van der Waals surface area (Å²) in [5.41, 5.74) is 0. The third kappa shape index (κ3) is 10.2. The number of carbonyl (C=O) groups excluding carboxylic acids is 3. The average Bonchev–Trinajstić information content (AvgIpc) is 2.11. The van der Waals surface area contributed by atoms with E-state index in [4.69, 9.17) is 0 Å². The number of hydrogen-bond acceptors (Lipinski definition) is 6. The van der Waals surface area contributed by atoms with Gasteiger partial charge < -0.3 is 29.7 Å². The molecule has 0 saturated carbocycles. The summed E-state index contributed by atoms with van der Waals surface area (Å²) in [6.07, 6.45) is -0.347. The summed E-state index contributed by atoms with van der Waals surface area (Å²) in [7, 11) is 0. The van der Waals surface area contributed by atoms with Crippen molar-refractivity contribution < 1.29 is 118 Å². The first-order valence-corrected chi connectivity index (χ1v) is 4.40. The van der Waals surface area contributed by atoms with Crippen LogP contribution in [0, 0.1) is 17.8 Å². The zero-order valence-corrected chi connectivity index (χ0v) is 17.4. The van der Waals surface area contributed by atoms with Gasteiger partial charge in [-0.3, -0.25) is 0 Å². The van der Waals surface area contributed by atoms with Gasteiger partial charge in [-0.15, -0.1) is 0 Å². The Labute approximate surface area is 172 Å². The topological polar surface area (TPSA) is 120 Å². The van der Waals surface area contributed by atoms with Gasteiger partial charge in [-0.05, 0) is 12.3 Å². The molecule has 18 heavy (non-hydrogen) atoms. The largest absolute Gasteiger partial charge is 1.00 e. The first kappa shape index (κ1) is 27.7. The molecule has 0 heterocycles. The molecule has 0 aliphatic heterocycles. The molecule has 0 spiro atoms. The van der Waals surface area contributed by atoms with E-state index in [0.29, 0.717) is 0 Å². The van der Waals surface area contributed by atoms with E-state index >= 15 is 0 Å². The minimum atomic E-state index is -1.60. The molecule has 0 aromatic carbocycles. The summed E-state index contributed by atoms with van der Waals surface area (Å²) in [6, 6.07) is 0. The van der Waals surface area contributed by atoms with Gasteiger partial charge in [0.2, 0.25) is 0 Å². The average molecular weight is 284 g/mol. The summed E-state index contributed by atoms with van der Waals surface area (Å²) >= 11 is 0. The minimum absolute atomic E-state index is 0. The van der Waals surface area contributed by atoms with Gasteiger partial charge in [0, 0.05) is 29.7 Å². The third-order valence-electron chi connectivity index (χ3n) is 2.29. The molecule has 0 amide bonds. The molecule has 86 valence electrons. The maximum absolute atomic E-state index is 10.6. The standard InChI is InChI=1S/C9H14O6.3Na/c1-4(7(10)11)3-6(9(14)15)5(2)8(12)13;;;/h4-6H,3H2,1-2H3,(H,10,11)(H,12,13)(H,14,15);;;/q;3*+1/p-3. The van der Waals surface area contributed by atoms with Crippen LogP contribution in [0.3, 0.4) is 0 Å². The van der Waals surface area contributed by atoms with Gasteiger partial charge >= 0.3 is 88.7 Å². The van der Waals surface area contributed by atoms with Crippen LogP contribution in [-0.4, -0.2) is 17.9 Å². The van der Waals surface area contributed by atoms with Crippen molar-refractivity contribution in [2.45, 2.75) is 20.3 Å². The van der Waals surface area contributed by atoms with Crippen molar-refractivity contribution in [2.24, 2.45) is 17.8 Å². The van der Waals surface area contributed by atoms with Gasteiger partial charge in [0.05, 0.1) is 0 Å². The van der Waals surface area contributed by atoms with Crippen LogP contribution in [0.25, 0.3) is 0 Å². The van der Waals surface area contributed by atoms with Gasteiger partial charge in [0.15, 0.2) is 0 Å². The molecule has 0 aromatic heterocycles. The molecule has 6 nitrogen and oxygen atoms in total. The first-order chi connectivity index (χ1) is 6.77. The fourth-order valence-corrected chi connectivity index (χ4v) is 1.15. The zero-order valence-electron chi connectivity index (χ0n) is 11.4. The Bertz CT molecular complexity index is 283. The van der Waals surface area contributed by atoms with Crippen LogP contribution in [0.2, 0.25) is 0 Å². The Balaban J connectivity index is -0.000000327. The number of aliphatic carboxylic acids is 3. The second-order valence-corrected chi connectivity index (χ2v) is 3.49. The molecule has 0 fully saturated rings. The quantitative estimate of drug-likeness (QED) is 0.446. The Morgan fingerprint density at radius 2 is 1.22 bits per heavy atom. The number of carboxylic acid groups (broad SMARTS) is 3. The number of carbonyl (C=O) groups is 3. The Morgan fingerprint density at radius 1 is 0.833 bits per heavy atom. The third-order valence-corrected chi connectivity index (χ3v) is 2.29. The first-order valence-electron chi connectivity index (χ1n) is 4.40. The minimum Gasteiger partial charge on any atom is -0.550 e. The second-order valence-electron chi connectivity index (χ2n) is 3.49. The fraction of sp³-hybridized carbons (Fsp3) is 0.667. The smallest absolute Gasteiger partial charge is 0.550 e. The van der Waals surface area contributed by atoms with Crippen molar-refractivity contribution in [3.8, 4) is 0 Å². The van der Waals surface area contributed by atoms with E-state index < -0.39 is 35.7 Å². The molecule has 0 N–H and O–H groups in total. The molecule has 3 atom stereocenters. The molecular formula is C9H11Na3O6. The number of carboxylic acids is 3. The van der Waals surface area contributed by atoms with Gasteiger partial charge in [0.1, 0.15) is 0 Å². The molecule has 0 aromatic rings. The van der Waals surface area contributed by atoms with Crippen LogP contribution >= 0.6 is 0 Å². The molecule has 0 aliphatic rings. The van der Waals surface area contributed by atoms with E-state index in [2.05, 4.69) is 0 Å². The molecule has 9 heteroatoms. The summed E-state index contributed by atoms with van der Waals surface area (Å²) in [5.74, 6) is -8.30. The van der Waals surface area contributed by atoms with Gasteiger partial charge in [-0.2, -0.15) is 0 Å². The summed E-state index contributed by atoms with van der Waals surface area (Å²) in [5, 5.41) is 31.4. The maximum Gasteiger partial charge on any atom is 1.00 e. The van der Waals surface area contributed by atoms with E-state index in [1.807, 2.05) is 0 Å². The second kappa shape index (κ2) is 13.4. The van der Waals surface area contributed by atoms with E-state index in [1.165, 1.54) is 6.92 Å². The summed E-state index contributed by atoms with van der Waals surface area (Å²) in [6.45, 7) is 2.38. The van der Waals surface area contributed by atoms with Crippen LogP contribution in [0.1, 0.15) is 20.3 Å². The summed E-state index contributed by atoms with van der Waals surface area (Å²) in [4.78, 5) is 31.4. The predicted molar refractivity (Wildman–Crippen MR) is 41.5 cm³/mol. The summed E-state index contributed by atoms with van der Waals surface area (Å²) < 4.78 is 0. The molecule has 3 unspecified atom stereocenters. The van der Waals surface area contributed by atoms with Crippen LogP contribution < -0.4 is 104 Å². The van der Waals surface area contributed by atoms with Gasteiger partial charge in [-0.1, -0.05) is 13.8 Å². The Hall–Kier alpha value is 1.41. The van der Waals surface area contributed by atoms with Crippen LogP contribution in [-0.2, 0) is 14.4 Å². The van der Waals surface area contributed by atoms with Gasteiger partial charge in [-0.25, -0.2) is 0 Å². The predicted octanol–water partition coefficient (Wildman–Crippen LogP) is -12.5. The van der Waals surface area contributed by atoms with Crippen LogP contribution in [0.4, 0.5) is 0 Å². The molecule has 0 radical (unpaired) electrons. The van der Waals surface area contributed by atoms with E-state index in [0.717, 1.165) is 6.92 Å². The normalized spacial score (nSPS) is 13.7. The van der Waals surface area contributed by atoms with Crippen LogP contribution in [0.15, 0.2) is 0 Å². The molecule has 0 rings (SSSR count). The number of rotatable bonds is 6. The molecular weight excluding hydrogens is 273 g/mol. The zero-order chi connectivity index (χ0) is 12.2. The molecule has 0 aliphatic carbocycles. The van der Waals surface area contributed by atoms with Crippen molar-refractivity contribution in [3.63, 3.8) is 0 Å². The Kier molecular flexibility index (Phi) is 20.6. The van der Waals surface area contributed by atoms with E-state index in [9.17, 15) is 29.7 Å². The fourth-order valence-electron chi connectivity index (χ4n) is 1.15. The van der Waals surface area contributed by atoms with E-state index in [-0.39, 0.29) is 95.1 Å². The SMILES string of the molecule is CC(CC(C(=O)[O-])C(C)C(=O)[O-])C(=O)[O-].[Na+].[Na+].[Na+]. The monoisotopic (exact) mass is 284 g/mol. The molecule has 0 bridgehead atoms. The van der Waals surface area contributed by atoms with Crippen LogP contribution in [0.5, 0.6) is 0 Å². The van der Waals surface area contributed by atoms with Crippen molar-refractivity contribution >= 4 is 17.9 Å². The van der Waals surface area contributed by atoms with Crippen molar-refractivity contribution in [2.75, 3.05) is 0 Å². The Morgan fingerprint density at radius 3 is 1.44 bits per heavy atom. The van der Waals surface area contributed by atoms with Crippen molar-refractivity contribution in [1.82, 2.24) is 0 Å². The van der Waals surface area contributed by atoms with Crippen molar-refractivity contribution in [3.05, 3.63) is 0 Å². The number of hydrogen-bond donors (Lipinski definition) is 0. The maximum atomic E-state index is 10.6.